The van der Waals surface area contributed by atoms with Crippen LogP contribution >= 0.6 is 0 Å². The second-order valence-corrected chi connectivity index (χ2v) is 5.18. The average Bonchev–Trinajstić information content (AvgIpc) is 2.96. The molecule has 6 heteroatoms. The Bertz CT molecular complexity index is 605. The first kappa shape index (κ1) is 14.0. The normalized spacial score (nSPS) is 16.1. The molecule has 6 nitrogen and oxygen atoms in total. The van der Waals surface area contributed by atoms with E-state index in [0.29, 0.717) is 0 Å². The fraction of sp³-hybridized carbons (Fsp3) is 0.467. The first-order chi connectivity index (χ1) is 10.3. The summed E-state index contributed by atoms with van der Waals surface area (Å²) in [5.74, 6) is 1.74. The van der Waals surface area contributed by atoms with Gasteiger partial charge in [0.05, 0.1) is 32.6 Å². The summed E-state index contributed by atoms with van der Waals surface area (Å²) in [7, 11) is 1.68. The molecule has 112 valence electrons. The molecule has 0 amide bonds. The lowest BCUT2D eigenvalue weighted by Crippen LogP contribution is -2.36. The van der Waals surface area contributed by atoms with Crippen LogP contribution in [0.4, 0.5) is 0 Å². The maximum absolute atomic E-state index is 5.46. The molecule has 1 aliphatic heterocycles. The maximum Gasteiger partial charge on any atom is 0.151 e. The fourth-order valence-electron chi connectivity index (χ4n) is 2.52. The minimum absolute atomic E-state index is 0.764. The van der Waals surface area contributed by atoms with Crippen LogP contribution in [-0.4, -0.2) is 53.1 Å². The standard InChI is InChI=1S/C15H20N4O2/c1-12-3-4-14(20-2)13(9-12)19-11-16-17-15(19)10-18-5-7-21-8-6-18/h3-4,9,11H,5-8,10H2,1-2H3. The molecule has 0 atom stereocenters. The van der Waals surface area contributed by atoms with E-state index >= 15 is 0 Å². The van der Waals surface area contributed by atoms with Gasteiger partial charge in [0.25, 0.3) is 0 Å². The first-order valence-corrected chi connectivity index (χ1v) is 7.12. The number of benzene rings is 1. The van der Waals surface area contributed by atoms with E-state index in [1.54, 1.807) is 13.4 Å². The number of hydrogen-bond donors (Lipinski definition) is 0. The molecule has 1 aromatic carbocycles. The predicted octanol–water partition coefficient (Wildman–Crippen LogP) is 1.42. The third-order valence-corrected chi connectivity index (χ3v) is 3.68. The highest BCUT2D eigenvalue weighted by Crippen LogP contribution is 2.25. The topological polar surface area (TPSA) is 52.4 Å². The van der Waals surface area contributed by atoms with Crippen molar-refractivity contribution < 1.29 is 9.47 Å². The highest BCUT2D eigenvalue weighted by Gasteiger charge is 2.16. The third-order valence-electron chi connectivity index (χ3n) is 3.68. The van der Waals surface area contributed by atoms with Crippen molar-refractivity contribution in [1.29, 1.82) is 0 Å². The van der Waals surface area contributed by atoms with Crippen LogP contribution in [0, 0.1) is 6.92 Å². The summed E-state index contributed by atoms with van der Waals surface area (Å²) in [6, 6.07) is 6.10. The summed E-state index contributed by atoms with van der Waals surface area (Å²) in [5.41, 5.74) is 2.16. The SMILES string of the molecule is COc1ccc(C)cc1-n1cnnc1CN1CCOCC1. The van der Waals surface area contributed by atoms with E-state index in [9.17, 15) is 0 Å². The number of ether oxygens (including phenoxy) is 2. The van der Waals surface area contributed by atoms with Crippen LogP contribution in [0.25, 0.3) is 5.69 Å². The number of nitrogens with zero attached hydrogens (tertiary/aromatic N) is 4. The van der Waals surface area contributed by atoms with Gasteiger partial charge in [-0.1, -0.05) is 6.07 Å². The van der Waals surface area contributed by atoms with Crippen LogP contribution in [0.5, 0.6) is 5.75 Å². The summed E-state index contributed by atoms with van der Waals surface area (Å²) in [5, 5.41) is 8.34. The molecule has 0 bridgehead atoms. The number of aromatic nitrogens is 3. The summed E-state index contributed by atoms with van der Waals surface area (Å²) < 4.78 is 12.8. The van der Waals surface area contributed by atoms with Crippen LogP contribution in [0.1, 0.15) is 11.4 Å². The van der Waals surface area contributed by atoms with Gasteiger partial charge in [-0.25, -0.2) is 0 Å². The summed E-state index contributed by atoms with van der Waals surface area (Å²) in [6.07, 6.45) is 1.74. The van der Waals surface area contributed by atoms with Gasteiger partial charge in [0.2, 0.25) is 0 Å². The van der Waals surface area contributed by atoms with Crippen molar-refractivity contribution in [2.45, 2.75) is 13.5 Å². The lowest BCUT2D eigenvalue weighted by Gasteiger charge is -2.26. The van der Waals surface area contributed by atoms with Crippen LogP contribution in [-0.2, 0) is 11.3 Å². The molecule has 1 saturated heterocycles. The first-order valence-electron chi connectivity index (χ1n) is 7.12. The van der Waals surface area contributed by atoms with Crippen LogP contribution in [0.2, 0.25) is 0 Å². The number of hydrogen-bond acceptors (Lipinski definition) is 5. The molecule has 0 N–H and O–H groups in total. The van der Waals surface area contributed by atoms with Gasteiger partial charge in [-0.05, 0) is 24.6 Å². The van der Waals surface area contributed by atoms with Crippen molar-refractivity contribution in [3.05, 3.63) is 35.9 Å². The largest absolute Gasteiger partial charge is 0.495 e. The smallest absolute Gasteiger partial charge is 0.151 e. The number of aryl methyl sites for hydroxylation is 1. The van der Waals surface area contributed by atoms with E-state index in [4.69, 9.17) is 9.47 Å². The number of morpholine rings is 1. The number of rotatable bonds is 4. The number of methoxy groups -OCH3 is 1. The van der Waals surface area contributed by atoms with Crippen LogP contribution in [0.3, 0.4) is 0 Å². The molecule has 21 heavy (non-hydrogen) atoms. The molecule has 0 unspecified atom stereocenters. The van der Waals surface area contributed by atoms with Crippen LogP contribution < -0.4 is 4.74 Å². The van der Waals surface area contributed by atoms with E-state index < -0.39 is 0 Å². The Kier molecular flexibility index (Phi) is 4.17. The van der Waals surface area contributed by atoms with Crippen molar-refractivity contribution in [3.63, 3.8) is 0 Å². The average molecular weight is 288 g/mol. The second-order valence-electron chi connectivity index (χ2n) is 5.18. The molecule has 0 aliphatic carbocycles. The quantitative estimate of drug-likeness (QED) is 0.851. The van der Waals surface area contributed by atoms with Gasteiger partial charge in [-0.15, -0.1) is 10.2 Å². The third kappa shape index (κ3) is 3.06. The molecule has 2 heterocycles. The van der Waals surface area contributed by atoms with E-state index in [0.717, 1.165) is 50.1 Å². The summed E-state index contributed by atoms with van der Waals surface area (Å²) in [6.45, 7) is 6.24. The van der Waals surface area contributed by atoms with Crippen molar-refractivity contribution in [1.82, 2.24) is 19.7 Å². The molecule has 3 rings (SSSR count). The van der Waals surface area contributed by atoms with E-state index in [1.807, 2.05) is 16.7 Å². The lowest BCUT2D eigenvalue weighted by atomic mass is 10.2. The van der Waals surface area contributed by atoms with E-state index in [2.05, 4.69) is 28.1 Å². The molecule has 0 radical (unpaired) electrons. The second kappa shape index (κ2) is 6.24. The van der Waals surface area contributed by atoms with Gasteiger partial charge in [0.1, 0.15) is 12.1 Å². The minimum atomic E-state index is 0.764. The highest BCUT2D eigenvalue weighted by atomic mass is 16.5. The van der Waals surface area contributed by atoms with Crippen molar-refractivity contribution in [3.8, 4) is 11.4 Å². The molecule has 1 aromatic heterocycles. The molecule has 1 fully saturated rings. The van der Waals surface area contributed by atoms with E-state index in [1.165, 1.54) is 5.56 Å². The maximum atomic E-state index is 5.46. The summed E-state index contributed by atoms with van der Waals surface area (Å²) >= 11 is 0. The fourth-order valence-corrected chi connectivity index (χ4v) is 2.52. The molecular weight excluding hydrogens is 268 g/mol. The molecule has 0 saturated carbocycles. The predicted molar refractivity (Wildman–Crippen MR) is 78.7 cm³/mol. The zero-order valence-corrected chi connectivity index (χ0v) is 12.5. The van der Waals surface area contributed by atoms with Gasteiger partial charge in [-0.2, -0.15) is 0 Å². The molecule has 1 aliphatic rings. The molecule has 2 aromatic rings. The monoisotopic (exact) mass is 288 g/mol. The van der Waals surface area contributed by atoms with Gasteiger partial charge in [-0.3, -0.25) is 9.47 Å². The van der Waals surface area contributed by atoms with Gasteiger partial charge >= 0.3 is 0 Å². The zero-order valence-electron chi connectivity index (χ0n) is 12.5. The molecular formula is C15H20N4O2. The Morgan fingerprint density at radius 2 is 2.10 bits per heavy atom. The van der Waals surface area contributed by atoms with Gasteiger partial charge < -0.3 is 9.47 Å². The van der Waals surface area contributed by atoms with Crippen molar-refractivity contribution in [2.24, 2.45) is 0 Å². The Morgan fingerprint density at radius 3 is 2.86 bits per heavy atom. The van der Waals surface area contributed by atoms with Crippen LogP contribution in [0.15, 0.2) is 24.5 Å². The molecule has 0 spiro atoms. The van der Waals surface area contributed by atoms with Gasteiger partial charge in [0, 0.05) is 13.1 Å². The Labute approximate surface area is 124 Å². The highest BCUT2D eigenvalue weighted by molar-refractivity contribution is 5.49. The minimum Gasteiger partial charge on any atom is -0.495 e. The summed E-state index contributed by atoms with van der Waals surface area (Å²) in [4.78, 5) is 2.33. The Balaban J connectivity index is 1.89. The van der Waals surface area contributed by atoms with Crippen molar-refractivity contribution >= 4 is 0 Å². The van der Waals surface area contributed by atoms with Crippen molar-refractivity contribution in [2.75, 3.05) is 33.4 Å². The Morgan fingerprint density at radius 1 is 1.29 bits per heavy atom. The lowest BCUT2D eigenvalue weighted by molar-refractivity contribution is 0.0328. The van der Waals surface area contributed by atoms with E-state index in [-0.39, 0.29) is 0 Å². The zero-order chi connectivity index (χ0) is 14.7. The van der Waals surface area contributed by atoms with Gasteiger partial charge in [0.15, 0.2) is 5.82 Å². The Hall–Kier alpha value is -1.92.